The van der Waals surface area contributed by atoms with E-state index in [0.29, 0.717) is 6.42 Å². The Morgan fingerprint density at radius 2 is 1.73 bits per heavy atom. The summed E-state index contributed by atoms with van der Waals surface area (Å²) in [6.45, 7) is 6.15. The molecule has 1 N–H and O–H groups in total. The first kappa shape index (κ1) is 18.5. The minimum absolute atomic E-state index is 0.112. The smallest absolute Gasteiger partial charge is 0.320 e. The topological polar surface area (TPSA) is 68.4 Å². The highest BCUT2D eigenvalue weighted by Crippen LogP contribution is 2.40. The lowest BCUT2D eigenvalue weighted by atomic mass is 9.70. The second kappa shape index (κ2) is 7.94. The van der Waals surface area contributed by atoms with Gasteiger partial charge in [0.25, 0.3) is 0 Å². The van der Waals surface area contributed by atoms with Gasteiger partial charge in [-0.15, -0.1) is 0 Å². The van der Waals surface area contributed by atoms with E-state index in [4.69, 9.17) is 9.47 Å². The molecular formula is C21H27NO4. The monoisotopic (exact) mass is 357 g/mol. The zero-order valence-corrected chi connectivity index (χ0v) is 15.7. The molecule has 0 fully saturated rings. The number of aromatic nitrogens is 1. The fourth-order valence-corrected chi connectivity index (χ4v) is 4.23. The van der Waals surface area contributed by atoms with Gasteiger partial charge in [-0.25, -0.2) is 0 Å². The Morgan fingerprint density at radius 1 is 1.08 bits per heavy atom. The van der Waals surface area contributed by atoms with Crippen molar-refractivity contribution in [1.82, 2.24) is 4.98 Å². The van der Waals surface area contributed by atoms with Gasteiger partial charge in [-0.3, -0.25) is 9.59 Å². The molecule has 1 aliphatic rings. The van der Waals surface area contributed by atoms with Crippen LogP contribution in [0.4, 0.5) is 0 Å². The van der Waals surface area contributed by atoms with E-state index in [1.54, 1.807) is 13.8 Å². The van der Waals surface area contributed by atoms with Crippen LogP contribution in [0.2, 0.25) is 0 Å². The number of esters is 2. The maximum atomic E-state index is 12.6. The molecule has 2 aromatic rings. The molecule has 3 rings (SSSR count). The van der Waals surface area contributed by atoms with Crippen LogP contribution < -0.4 is 0 Å². The Labute approximate surface area is 154 Å². The summed E-state index contributed by atoms with van der Waals surface area (Å²) in [5, 5.41) is 1.24. The first-order valence-corrected chi connectivity index (χ1v) is 9.52. The SMILES string of the molecule is CCOC(=O)C(C(=O)OCC)C1Cc2[nH]c3ccccc3c2CC1CC. The van der Waals surface area contributed by atoms with E-state index in [1.807, 2.05) is 12.1 Å². The van der Waals surface area contributed by atoms with Crippen molar-refractivity contribution in [2.24, 2.45) is 17.8 Å². The van der Waals surface area contributed by atoms with Gasteiger partial charge < -0.3 is 14.5 Å². The third-order valence-electron chi connectivity index (χ3n) is 5.45. The number of hydrogen-bond acceptors (Lipinski definition) is 4. The summed E-state index contributed by atoms with van der Waals surface area (Å²) in [5.41, 5.74) is 3.55. The lowest BCUT2D eigenvalue weighted by molar-refractivity contribution is -0.165. The van der Waals surface area contributed by atoms with E-state index in [9.17, 15) is 9.59 Å². The summed E-state index contributed by atoms with van der Waals surface area (Å²) in [6.07, 6.45) is 2.42. The van der Waals surface area contributed by atoms with Crippen molar-refractivity contribution in [2.45, 2.75) is 40.0 Å². The molecule has 0 spiro atoms. The van der Waals surface area contributed by atoms with Crippen LogP contribution in [0.25, 0.3) is 10.9 Å². The quantitative estimate of drug-likeness (QED) is 0.633. The van der Waals surface area contributed by atoms with Gasteiger partial charge in [0, 0.05) is 16.6 Å². The van der Waals surface area contributed by atoms with E-state index >= 15 is 0 Å². The molecule has 2 unspecified atom stereocenters. The van der Waals surface area contributed by atoms with Crippen LogP contribution in [-0.4, -0.2) is 30.1 Å². The number of hydrogen-bond donors (Lipinski definition) is 1. The van der Waals surface area contributed by atoms with Crippen molar-refractivity contribution >= 4 is 22.8 Å². The maximum Gasteiger partial charge on any atom is 0.320 e. The normalized spacial score (nSPS) is 19.4. The van der Waals surface area contributed by atoms with Crippen LogP contribution in [0.5, 0.6) is 0 Å². The molecule has 5 nitrogen and oxygen atoms in total. The summed E-state index contributed by atoms with van der Waals surface area (Å²) in [7, 11) is 0. The third kappa shape index (κ3) is 3.35. The van der Waals surface area contributed by atoms with E-state index in [-0.39, 0.29) is 25.0 Å². The molecule has 0 saturated carbocycles. The lowest BCUT2D eigenvalue weighted by Gasteiger charge is -2.34. The largest absolute Gasteiger partial charge is 0.465 e. The summed E-state index contributed by atoms with van der Waals surface area (Å²) in [5.74, 6) is -1.67. The van der Waals surface area contributed by atoms with Gasteiger partial charge in [0.1, 0.15) is 0 Å². The van der Waals surface area contributed by atoms with Crippen LogP contribution in [0.15, 0.2) is 24.3 Å². The first-order chi connectivity index (χ1) is 12.6. The molecule has 0 aliphatic heterocycles. The van der Waals surface area contributed by atoms with Crippen molar-refractivity contribution < 1.29 is 19.1 Å². The van der Waals surface area contributed by atoms with Gasteiger partial charge in [-0.05, 0) is 50.2 Å². The summed E-state index contributed by atoms with van der Waals surface area (Å²) in [4.78, 5) is 28.6. The molecule has 0 radical (unpaired) electrons. The molecule has 0 bridgehead atoms. The van der Waals surface area contributed by atoms with Gasteiger partial charge in [-0.2, -0.15) is 0 Å². The zero-order valence-electron chi connectivity index (χ0n) is 15.7. The summed E-state index contributed by atoms with van der Waals surface area (Å²) >= 11 is 0. The minimum Gasteiger partial charge on any atom is -0.465 e. The van der Waals surface area contributed by atoms with E-state index in [1.165, 1.54) is 10.9 Å². The maximum absolute atomic E-state index is 12.6. The average molecular weight is 357 g/mol. The van der Waals surface area contributed by atoms with Gasteiger partial charge in [-0.1, -0.05) is 31.5 Å². The highest BCUT2D eigenvalue weighted by molar-refractivity contribution is 5.95. The van der Waals surface area contributed by atoms with Crippen molar-refractivity contribution in [3.8, 4) is 0 Å². The number of carbonyl (C=O) groups is 2. The molecule has 5 heteroatoms. The molecule has 0 amide bonds. The Bertz CT molecular complexity index is 776. The first-order valence-electron chi connectivity index (χ1n) is 9.52. The predicted octanol–water partition coefficient (Wildman–Crippen LogP) is 3.65. The van der Waals surface area contributed by atoms with Crippen LogP contribution in [0.3, 0.4) is 0 Å². The number of benzene rings is 1. The Morgan fingerprint density at radius 3 is 2.35 bits per heavy atom. The Kier molecular flexibility index (Phi) is 5.64. The fraction of sp³-hybridized carbons (Fsp3) is 0.524. The molecule has 140 valence electrons. The number of aromatic amines is 1. The standard InChI is InChI=1S/C21H27NO4/c1-4-13-11-16-14-9-7-8-10-17(14)22-18(16)12-15(13)19(20(23)25-5-2)21(24)26-6-3/h7-10,13,15,19,22H,4-6,11-12H2,1-3H3. The van der Waals surface area contributed by atoms with Gasteiger partial charge >= 0.3 is 11.9 Å². The van der Waals surface area contributed by atoms with E-state index in [0.717, 1.165) is 24.1 Å². The fourth-order valence-electron chi connectivity index (χ4n) is 4.23. The summed E-state index contributed by atoms with van der Waals surface area (Å²) < 4.78 is 10.4. The second-order valence-electron chi connectivity index (χ2n) is 6.85. The van der Waals surface area contributed by atoms with Crippen LogP contribution in [-0.2, 0) is 31.9 Å². The van der Waals surface area contributed by atoms with Gasteiger partial charge in [0.05, 0.1) is 13.2 Å². The number of carbonyl (C=O) groups excluding carboxylic acids is 2. The number of H-pyrrole nitrogens is 1. The zero-order chi connectivity index (χ0) is 18.7. The van der Waals surface area contributed by atoms with E-state index in [2.05, 4.69) is 24.0 Å². The Balaban J connectivity index is 1.98. The summed E-state index contributed by atoms with van der Waals surface area (Å²) in [6, 6.07) is 8.26. The average Bonchev–Trinajstić information content (AvgIpc) is 2.99. The lowest BCUT2D eigenvalue weighted by Crippen LogP contribution is -2.41. The van der Waals surface area contributed by atoms with Crippen molar-refractivity contribution in [2.75, 3.05) is 13.2 Å². The molecule has 1 aliphatic carbocycles. The highest BCUT2D eigenvalue weighted by Gasteiger charge is 2.43. The Hall–Kier alpha value is -2.30. The van der Waals surface area contributed by atoms with Gasteiger partial charge in [0.2, 0.25) is 0 Å². The van der Waals surface area contributed by atoms with Crippen molar-refractivity contribution in [1.29, 1.82) is 0 Å². The number of para-hydroxylation sites is 1. The third-order valence-corrected chi connectivity index (χ3v) is 5.45. The molecule has 2 atom stereocenters. The van der Waals surface area contributed by atoms with Crippen molar-refractivity contribution in [3.63, 3.8) is 0 Å². The number of fused-ring (bicyclic) bond motifs is 3. The number of nitrogens with one attached hydrogen (secondary N) is 1. The molecular weight excluding hydrogens is 330 g/mol. The number of rotatable bonds is 6. The minimum atomic E-state index is -0.862. The van der Waals surface area contributed by atoms with Crippen LogP contribution >= 0.6 is 0 Å². The molecule has 26 heavy (non-hydrogen) atoms. The van der Waals surface area contributed by atoms with Crippen LogP contribution in [0.1, 0.15) is 38.4 Å². The molecule has 1 heterocycles. The van der Waals surface area contributed by atoms with Crippen molar-refractivity contribution in [3.05, 3.63) is 35.5 Å². The highest BCUT2D eigenvalue weighted by atomic mass is 16.6. The van der Waals surface area contributed by atoms with Crippen LogP contribution in [0, 0.1) is 17.8 Å². The predicted molar refractivity (Wildman–Crippen MR) is 99.7 cm³/mol. The van der Waals surface area contributed by atoms with E-state index < -0.39 is 17.9 Å². The molecule has 1 aromatic heterocycles. The van der Waals surface area contributed by atoms with Gasteiger partial charge in [0.15, 0.2) is 5.92 Å². The molecule has 0 saturated heterocycles. The molecule has 1 aromatic carbocycles. The second-order valence-corrected chi connectivity index (χ2v) is 6.85. The number of ether oxygens (including phenoxy) is 2.